The highest BCUT2D eigenvalue weighted by Crippen LogP contribution is 2.10. The average molecular weight is 348 g/mol. The molecule has 2 fully saturated rings. The predicted octanol–water partition coefficient (Wildman–Crippen LogP) is 1.08. The molecule has 0 unspecified atom stereocenters. The molecule has 1 N–H and O–H groups in total. The van der Waals surface area contributed by atoms with Gasteiger partial charge in [0.05, 0.1) is 19.8 Å². The fourth-order valence-corrected chi connectivity index (χ4v) is 3.41. The molecule has 8 heteroatoms. The van der Waals surface area contributed by atoms with Gasteiger partial charge in [0.2, 0.25) is 0 Å². The molecule has 0 saturated carbocycles. The Bertz CT molecular complexity index is 400. The van der Waals surface area contributed by atoms with Crippen molar-refractivity contribution in [1.29, 1.82) is 0 Å². The fraction of sp³-hybridized carbons (Fsp3) is 0.938. The van der Waals surface area contributed by atoms with Gasteiger partial charge in [-0.1, -0.05) is 0 Å². The zero-order chi connectivity index (χ0) is 17.5. The van der Waals surface area contributed by atoms with Gasteiger partial charge in [0.25, 0.3) is 6.43 Å². The molecular weight excluding hydrogens is 318 g/mol. The molecule has 2 heterocycles. The van der Waals surface area contributed by atoms with Gasteiger partial charge in [0.1, 0.15) is 0 Å². The minimum Gasteiger partial charge on any atom is -0.379 e. The van der Waals surface area contributed by atoms with Crippen molar-refractivity contribution >= 4 is 6.03 Å². The molecule has 2 atom stereocenters. The van der Waals surface area contributed by atoms with Crippen LogP contribution in [-0.4, -0.2) is 98.3 Å². The summed E-state index contributed by atoms with van der Waals surface area (Å²) in [5.41, 5.74) is 0. The molecule has 0 aromatic carbocycles. The van der Waals surface area contributed by atoms with Gasteiger partial charge in [-0.2, -0.15) is 0 Å². The smallest absolute Gasteiger partial charge is 0.317 e. The van der Waals surface area contributed by atoms with Gasteiger partial charge in [0.15, 0.2) is 0 Å². The molecule has 0 spiro atoms. The van der Waals surface area contributed by atoms with Gasteiger partial charge in [-0.15, -0.1) is 0 Å². The van der Waals surface area contributed by atoms with Crippen LogP contribution in [-0.2, 0) is 4.74 Å². The second-order valence-corrected chi connectivity index (χ2v) is 6.73. The lowest BCUT2D eigenvalue weighted by molar-refractivity contribution is -0.0177. The van der Waals surface area contributed by atoms with Crippen LogP contribution in [0.3, 0.4) is 0 Å². The first-order chi connectivity index (χ1) is 11.5. The second-order valence-electron chi connectivity index (χ2n) is 6.73. The number of halogens is 2. The summed E-state index contributed by atoms with van der Waals surface area (Å²) in [4.78, 5) is 18.2. The normalized spacial score (nSPS) is 25.5. The van der Waals surface area contributed by atoms with Crippen molar-refractivity contribution in [2.24, 2.45) is 0 Å². The fourth-order valence-electron chi connectivity index (χ4n) is 3.41. The van der Waals surface area contributed by atoms with E-state index >= 15 is 0 Å². The number of urea groups is 1. The van der Waals surface area contributed by atoms with Crippen molar-refractivity contribution in [3.63, 3.8) is 0 Å². The summed E-state index contributed by atoms with van der Waals surface area (Å²) in [6, 6.07) is 0.503. The van der Waals surface area contributed by atoms with Crippen LogP contribution in [0.2, 0.25) is 0 Å². The van der Waals surface area contributed by atoms with Crippen LogP contribution in [0, 0.1) is 0 Å². The van der Waals surface area contributed by atoms with Crippen molar-refractivity contribution in [2.75, 3.05) is 59.0 Å². The Morgan fingerprint density at radius 3 is 2.75 bits per heavy atom. The molecule has 2 aliphatic heterocycles. The zero-order valence-corrected chi connectivity index (χ0v) is 14.7. The van der Waals surface area contributed by atoms with Gasteiger partial charge in [0, 0.05) is 51.4 Å². The van der Waals surface area contributed by atoms with E-state index in [0.29, 0.717) is 38.8 Å². The third kappa shape index (κ3) is 5.82. The molecule has 0 aromatic rings. The number of rotatable bonds is 5. The van der Waals surface area contributed by atoms with Crippen molar-refractivity contribution in [3.8, 4) is 0 Å². The highest BCUT2D eigenvalue weighted by molar-refractivity contribution is 5.74. The van der Waals surface area contributed by atoms with Crippen LogP contribution in [0.5, 0.6) is 0 Å². The summed E-state index contributed by atoms with van der Waals surface area (Å²) in [5.74, 6) is 0. The maximum Gasteiger partial charge on any atom is 0.317 e. The molecule has 6 nitrogen and oxygen atoms in total. The van der Waals surface area contributed by atoms with E-state index in [2.05, 4.69) is 24.1 Å². The molecule has 140 valence electrons. The molecule has 2 aliphatic rings. The Morgan fingerprint density at radius 2 is 2.04 bits per heavy atom. The lowest BCUT2D eigenvalue weighted by Crippen LogP contribution is -2.53. The van der Waals surface area contributed by atoms with Crippen LogP contribution < -0.4 is 5.32 Å². The Hall–Kier alpha value is -0.990. The van der Waals surface area contributed by atoms with Crippen LogP contribution in [0.25, 0.3) is 0 Å². The van der Waals surface area contributed by atoms with E-state index in [1.165, 1.54) is 0 Å². The zero-order valence-electron chi connectivity index (χ0n) is 14.7. The predicted molar refractivity (Wildman–Crippen MR) is 88.5 cm³/mol. The topological polar surface area (TPSA) is 48.1 Å². The SMILES string of the molecule is C[C@H](CNC(=O)N1CCCN(CC(F)F)CC1)N1CCOC[C@@H]1C. The summed E-state index contributed by atoms with van der Waals surface area (Å²) in [5, 5.41) is 2.99. The summed E-state index contributed by atoms with van der Waals surface area (Å²) in [7, 11) is 0. The summed E-state index contributed by atoms with van der Waals surface area (Å²) in [6.45, 7) is 9.20. The Morgan fingerprint density at radius 1 is 1.25 bits per heavy atom. The number of amides is 2. The molecule has 0 aliphatic carbocycles. The van der Waals surface area contributed by atoms with E-state index in [-0.39, 0.29) is 18.6 Å². The standard InChI is InChI=1S/C16H30F2N4O2/c1-13(22-8-9-24-12-14(22)2)10-19-16(23)21-5-3-4-20(6-7-21)11-15(17)18/h13-15H,3-12H2,1-2H3,(H,19,23)/t13-,14+/m1/s1. The lowest BCUT2D eigenvalue weighted by Gasteiger charge is -2.38. The average Bonchev–Trinajstić information content (AvgIpc) is 2.78. The Balaban J connectivity index is 1.73. The molecule has 2 amide bonds. The van der Waals surface area contributed by atoms with Gasteiger partial charge < -0.3 is 15.0 Å². The first-order valence-electron chi connectivity index (χ1n) is 8.84. The number of morpholine rings is 1. The van der Waals surface area contributed by atoms with Gasteiger partial charge >= 0.3 is 6.03 Å². The maximum absolute atomic E-state index is 12.5. The third-order valence-corrected chi connectivity index (χ3v) is 4.81. The summed E-state index contributed by atoms with van der Waals surface area (Å²) in [6.07, 6.45) is -1.59. The highest BCUT2D eigenvalue weighted by atomic mass is 19.3. The molecular formula is C16H30F2N4O2. The van der Waals surface area contributed by atoms with Crippen molar-refractivity contribution in [1.82, 2.24) is 20.0 Å². The molecule has 24 heavy (non-hydrogen) atoms. The van der Waals surface area contributed by atoms with E-state index < -0.39 is 6.43 Å². The first kappa shape index (κ1) is 19.3. The van der Waals surface area contributed by atoms with Crippen molar-refractivity contribution in [2.45, 2.75) is 38.8 Å². The first-order valence-corrected chi connectivity index (χ1v) is 8.84. The molecule has 0 radical (unpaired) electrons. The molecule has 0 bridgehead atoms. The van der Waals surface area contributed by atoms with Crippen molar-refractivity contribution in [3.05, 3.63) is 0 Å². The molecule has 2 rings (SSSR count). The van der Waals surface area contributed by atoms with E-state index in [1.807, 2.05) is 0 Å². The summed E-state index contributed by atoms with van der Waals surface area (Å²) < 4.78 is 30.4. The summed E-state index contributed by atoms with van der Waals surface area (Å²) >= 11 is 0. The van der Waals surface area contributed by atoms with E-state index in [0.717, 1.165) is 26.2 Å². The number of hydrogen-bond donors (Lipinski definition) is 1. The van der Waals surface area contributed by atoms with Gasteiger partial charge in [-0.05, 0) is 20.3 Å². The van der Waals surface area contributed by atoms with E-state index in [4.69, 9.17) is 4.74 Å². The number of carbonyl (C=O) groups excluding carboxylic acids is 1. The second kappa shape index (κ2) is 9.48. The number of ether oxygens (including phenoxy) is 1. The minimum absolute atomic E-state index is 0.0957. The number of alkyl halides is 2. The van der Waals surface area contributed by atoms with E-state index in [9.17, 15) is 13.6 Å². The van der Waals surface area contributed by atoms with Crippen molar-refractivity contribution < 1.29 is 18.3 Å². The number of nitrogens with one attached hydrogen (secondary N) is 1. The molecule has 2 saturated heterocycles. The minimum atomic E-state index is -2.32. The largest absolute Gasteiger partial charge is 0.379 e. The van der Waals surface area contributed by atoms with Crippen LogP contribution in [0.4, 0.5) is 13.6 Å². The van der Waals surface area contributed by atoms with Crippen LogP contribution >= 0.6 is 0 Å². The number of nitrogens with zero attached hydrogens (tertiary/aromatic N) is 3. The maximum atomic E-state index is 12.5. The number of carbonyl (C=O) groups is 1. The Kier molecular flexibility index (Phi) is 7.64. The molecule has 0 aromatic heterocycles. The lowest BCUT2D eigenvalue weighted by atomic mass is 10.2. The third-order valence-electron chi connectivity index (χ3n) is 4.81. The van der Waals surface area contributed by atoms with E-state index in [1.54, 1.807) is 9.80 Å². The quantitative estimate of drug-likeness (QED) is 0.808. The van der Waals surface area contributed by atoms with Gasteiger partial charge in [-0.3, -0.25) is 9.80 Å². The monoisotopic (exact) mass is 348 g/mol. The van der Waals surface area contributed by atoms with Crippen LogP contribution in [0.1, 0.15) is 20.3 Å². The van der Waals surface area contributed by atoms with Crippen LogP contribution in [0.15, 0.2) is 0 Å². The van der Waals surface area contributed by atoms with Gasteiger partial charge in [-0.25, -0.2) is 13.6 Å². The highest BCUT2D eigenvalue weighted by Gasteiger charge is 2.25. The Labute approximate surface area is 143 Å². The number of hydrogen-bond acceptors (Lipinski definition) is 4.